The van der Waals surface area contributed by atoms with E-state index in [1.54, 1.807) is 4.68 Å². The highest BCUT2D eigenvalue weighted by atomic mass is 16.1. The Labute approximate surface area is 111 Å². The smallest absolute Gasteiger partial charge is 0.138 e. The fourth-order valence-electron chi connectivity index (χ4n) is 2.13. The number of carbonyl (C=O) groups is 1. The maximum absolute atomic E-state index is 11.7. The van der Waals surface area contributed by atoms with Gasteiger partial charge in [-0.2, -0.15) is 5.10 Å². The van der Waals surface area contributed by atoms with Crippen LogP contribution in [0.25, 0.3) is 0 Å². The zero-order chi connectivity index (χ0) is 13.2. The molecular formula is C15H26N2O. The number of hydrogen-bond acceptors (Lipinski definition) is 2. The summed E-state index contributed by atoms with van der Waals surface area (Å²) in [5.74, 6) is 0.322. The molecule has 0 saturated heterocycles. The van der Waals surface area contributed by atoms with Crippen LogP contribution in [0.5, 0.6) is 0 Å². The van der Waals surface area contributed by atoms with Crippen LogP contribution in [0.3, 0.4) is 0 Å². The molecule has 18 heavy (non-hydrogen) atoms. The molecule has 0 aliphatic heterocycles. The van der Waals surface area contributed by atoms with Crippen molar-refractivity contribution in [3.63, 3.8) is 0 Å². The van der Waals surface area contributed by atoms with E-state index in [4.69, 9.17) is 0 Å². The average Bonchev–Trinajstić information content (AvgIpc) is 2.73. The predicted molar refractivity (Wildman–Crippen MR) is 74.5 cm³/mol. The van der Waals surface area contributed by atoms with Crippen LogP contribution in [-0.2, 0) is 18.3 Å². The first-order chi connectivity index (χ1) is 8.72. The summed E-state index contributed by atoms with van der Waals surface area (Å²) in [5.41, 5.74) is 0.894. The molecule has 3 nitrogen and oxygen atoms in total. The van der Waals surface area contributed by atoms with Gasteiger partial charge in [0.1, 0.15) is 5.78 Å². The average molecular weight is 250 g/mol. The summed E-state index contributed by atoms with van der Waals surface area (Å²) < 4.78 is 1.75. The van der Waals surface area contributed by atoms with Crippen molar-refractivity contribution < 1.29 is 4.79 Å². The van der Waals surface area contributed by atoms with Crippen LogP contribution in [0, 0.1) is 0 Å². The minimum absolute atomic E-state index is 0.322. The van der Waals surface area contributed by atoms with Gasteiger partial charge in [0.15, 0.2) is 0 Å². The minimum atomic E-state index is 0.322. The molecule has 1 rings (SSSR count). The van der Waals surface area contributed by atoms with E-state index in [-0.39, 0.29) is 0 Å². The van der Waals surface area contributed by atoms with E-state index in [9.17, 15) is 4.79 Å². The number of rotatable bonds is 10. The maximum Gasteiger partial charge on any atom is 0.138 e. The Morgan fingerprint density at radius 3 is 2.44 bits per heavy atom. The molecule has 1 heterocycles. The third kappa shape index (κ3) is 6.58. The molecule has 0 spiro atoms. The molecule has 0 saturated carbocycles. The Morgan fingerprint density at radius 2 is 1.83 bits per heavy atom. The van der Waals surface area contributed by atoms with Crippen LogP contribution in [0.2, 0.25) is 0 Å². The van der Waals surface area contributed by atoms with Crippen molar-refractivity contribution in [1.29, 1.82) is 0 Å². The Kier molecular flexibility index (Phi) is 7.38. The Hall–Kier alpha value is -1.12. The normalized spacial score (nSPS) is 10.8. The van der Waals surface area contributed by atoms with Gasteiger partial charge in [-0.05, 0) is 12.5 Å². The van der Waals surface area contributed by atoms with Crippen LogP contribution >= 0.6 is 0 Å². The summed E-state index contributed by atoms with van der Waals surface area (Å²) in [6.07, 6.45) is 11.9. The van der Waals surface area contributed by atoms with Crippen molar-refractivity contribution in [2.24, 2.45) is 7.05 Å². The van der Waals surface area contributed by atoms with E-state index in [2.05, 4.69) is 12.0 Å². The van der Waals surface area contributed by atoms with E-state index >= 15 is 0 Å². The molecule has 0 unspecified atom stereocenters. The highest BCUT2D eigenvalue weighted by molar-refractivity contribution is 5.80. The third-order valence-electron chi connectivity index (χ3n) is 3.21. The second kappa shape index (κ2) is 8.90. The SMILES string of the molecule is CCCCCCCCCC(=O)Cc1ccn(C)n1. The second-order valence-electron chi connectivity index (χ2n) is 5.07. The highest BCUT2D eigenvalue weighted by Gasteiger charge is 2.05. The molecule has 1 aromatic heterocycles. The number of aromatic nitrogens is 2. The van der Waals surface area contributed by atoms with Gasteiger partial charge in [0.2, 0.25) is 0 Å². The fourth-order valence-corrected chi connectivity index (χ4v) is 2.13. The molecular weight excluding hydrogens is 224 g/mol. The lowest BCUT2D eigenvalue weighted by Crippen LogP contribution is -2.03. The molecule has 0 bridgehead atoms. The number of carbonyl (C=O) groups excluding carboxylic acids is 1. The van der Waals surface area contributed by atoms with Crippen LogP contribution in [0.15, 0.2) is 12.3 Å². The predicted octanol–water partition coefficient (Wildman–Crippen LogP) is 3.67. The minimum Gasteiger partial charge on any atom is -0.299 e. The largest absolute Gasteiger partial charge is 0.299 e. The van der Waals surface area contributed by atoms with Crippen LogP contribution in [0.1, 0.15) is 64.0 Å². The summed E-state index contributed by atoms with van der Waals surface area (Å²) in [4.78, 5) is 11.7. The van der Waals surface area contributed by atoms with E-state index in [1.165, 1.54) is 38.5 Å². The molecule has 102 valence electrons. The fraction of sp³-hybridized carbons (Fsp3) is 0.733. The number of Topliss-reactive ketones (excluding diaryl/α,β-unsaturated/α-hetero) is 1. The standard InChI is InChI=1S/C15H26N2O/c1-3-4-5-6-7-8-9-10-15(18)13-14-11-12-17(2)16-14/h11-12H,3-10,13H2,1-2H3. The number of ketones is 1. The van der Waals surface area contributed by atoms with Gasteiger partial charge in [-0.3, -0.25) is 9.48 Å². The molecule has 0 N–H and O–H groups in total. The van der Waals surface area contributed by atoms with Crippen LogP contribution in [-0.4, -0.2) is 15.6 Å². The monoisotopic (exact) mass is 250 g/mol. The summed E-state index contributed by atoms with van der Waals surface area (Å²) in [6.45, 7) is 2.23. The van der Waals surface area contributed by atoms with Crippen molar-refractivity contribution in [2.75, 3.05) is 0 Å². The van der Waals surface area contributed by atoms with Gasteiger partial charge in [-0.15, -0.1) is 0 Å². The lowest BCUT2D eigenvalue weighted by atomic mass is 10.1. The summed E-state index contributed by atoms with van der Waals surface area (Å²) >= 11 is 0. The lowest BCUT2D eigenvalue weighted by molar-refractivity contribution is -0.118. The van der Waals surface area contributed by atoms with Gasteiger partial charge in [0.05, 0.1) is 12.1 Å². The van der Waals surface area contributed by atoms with Crippen molar-refractivity contribution in [3.8, 4) is 0 Å². The quantitative estimate of drug-likeness (QED) is 0.594. The highest BCUT2D eigenvalue weighted by Crippen LogP contribution is 2.09. The Morgan fingerprint density at radius 1 is 1.17 bits per heavy atom. The van der Waals surface area contributed by atoms with Crippen molar-refractivity contribution >= 4 is 5.78 Å². The topological polar surface area (TPSA) is 34.9 Å². The second-order valence-corrected chi connectivity index (χ2v) is 5.07. The number of hydrogen-bond donors (Lipinski definition) is 0. The zero-order valence-corrected chi connectivity index (χ0v) is 11.8. The summed E-state index contributed by atoms with van der Waals surface area (Å²) in [5, 5.41) is 4.22. The lowest BCUT2D eigenvalue weighted by Gasteiger charge is -2.01. The molecule has 0 amide bonds. The molecule has 0 fully saturated rings. The van der Waals surface area contributed by atoms with Gasteiger partial charge in [-0.1, -0.05) is 45.4 Å². The third-order valence-corrected chi connectivity index (χ3v) is 3.21. The van der Waals surface area contributed by atoms with Gasteiger partial charge in [-0.25, -0.2) is 0 Å². The van der Waals surface area contributed by atoms with Gasteiger partial charge in [0.25, 0.3) is 0 Å². The van der Waals surface area contributed by atoms with Crippen LogP contribution < -0.4 is 0 Å². The first kappa shape index (κ1) is 14.9. The molecule has 0 radical (unpaired) electrons. The number of unbranched alkanes of at least 4 members (excludes halogenated alkanes) is 6. The van der Waals surface area contributed by atoms with Gasteiger partial charge < -0.3 is 0 Å². The van der Waals surface area contributed by atoms with E-state index in [0.717, 1.165) is 12.1 Å². The Balaban J connectivity index is 2.00. The van der Waals surface area contributed by atoms with Crippen molar-refractivity contribution in [1.82, 2.24) is 9.78 Å². The van der Waals surface area contributed by atoms with E-state index in [1.807, 2.05) is 19.3 Å². The molecule has 1 aromatic rings. The van der Waals surface area contributed by atoms with E-state index < -0.39 is 0 Å². The molecule has 0 aliphatic carbocycles. The number of nitrogens with zero attached hydrogens (tertiary/aromatic N) is 2. The Bertz CT molecular complexity index is 344. The summed E-state index contributed by atoms with van der Waals surface area (Å²) in [7, 11) is 1.88. The number of aryl methyl sites for hydroxylation is 1. The summed E-state index contributed by atoms with van der Waals surface area (Å²) in [6, 6.07) is 1.92. The first-order valence-corrected chi connectivity index (χ1v) is 7.22. The molecule has 0 aliphatic rings. The van der Waals surface area contributed by atoms with Gasteiger partial charge in [0, 0.05) is 19.7 Å². The molecule has 0 aromatic carbocycles. The first-order valence-electron chi connectivity index (χ1n) is 7.22. The van der Waals surface area contributed by atoms with Crippen LogP contribution in [0.4, 0.5) is 0 Å². The molecule has 0 atom stereocenters. The van der Waals surface area contributed by atoms with Crippen molar-refractivity contribution in [3.05, 3.63) is 18.0 Å². The zero-order valence-electron chi connectivity index (χ0n) is 11.8. The molecule has 3 heteroatoms. The van der Waals surface area contributed by atoms with Crippen molar-refractivity contribution in [2.45, 2.75) is 64.7 Å². The maximum atomic E-state index is 11.7. The van der Waals surface area contributed by atoms with E-state index in [0.29, 0.717) is 18.6 Å². The van der Waals surface area contributed by atoms with Gasteiger partial charge >= 0.3 is 0 Å².